The molecule has 3 nitrogen and oxygen atoms in total. The number of nitrogens with zero attached hydrogens (tertiary/aromatic N) is 1. The molecule has 0 aliphatic rings. The molecule has 11 heavy (non-hydrogen) atoms. The fourth-order valence-corrected chi connectivity index (χ4v) is 0.674. The van der Waals surface area contributed by atoms with Crippen molar-refractivity contribution in [1.82, 2.24) is 4.68 Å². The van der Waals surface area contributed by atoms with Gasteiger partial charge in [-0.15, -0.1) is 11.6 Å². The van der Waals surface area contributed by atoms with E-state index in [1.165, 1.54) is 0 Å². The van der Waals surface area contributed by atoms with Crippen LogP contribution < -0.4 is 5.43 Å². The van der Waals surface area contributed by atoms with Crippen LogP contribution in [0.25, 0.3) is 0 Å². The molecular weight excluding hydrogens is 164 g/mol. The Hall–Kier alpha value is -0.960. The summed E-state index contributed by atoms with van der Waals surface area (Å²) in [6, 6.07) is 3.64. The zero-order valence-corrected chi connectivity index (χ0v) is 6.88. The van der Waals surface area contributed by atoms with Crippen LogP contribution >= 0.6 is 11.6 Å². The molecule has 1 amide bonds. The highest BCUT2D eigenvalue weighted by Gasteiger charge is 2.07. The molecule has 4 heteroatoms. The highest BCUT2D eigenvalue weighted by Crippen LogP contribution is 1.94. The average Bonchev–Trinajstić information content (AvgIpc) is 2.39. The van der Waals surface area contributed by atoms with Gasteiger partial charge in [-0.1, -0.05) is 0 Å². The first-order chi connectivity index (χ1) is 5.20. The van der Waals surface area contributed by atoms with Crippen LogP contribution in [0.3, 0.4) is 0 Å². The van der Waals surface area contributed by atoms with Crippen LogP contribution in [0.1, 0.15) is 6.92 Å². The topological polar surface area (TPSA) is 34.0 Å². The van der Waals surface area contributed by atoms with Gasteiger partial charge in [-0.3, -0.25) is 14.9 Å². The second kappa shape index (κ2) is 3.44. The van der Waals surface area contributed by atoms with Crippen LogP contribution in [0.15, 0.2) is 24.5 Å². The first-order valence-electron chi connectivity index (χ1n) is 3.28. The largest absolute Gasteiger partial charge is 0.272 e. The first kappa shape index (κ1) is 8.14. The van der Waals surface area contributed by atoms with E-state index in [2.05, 4.69) is 5.43 Å². The van der Waals surface area contributed by atoms with E-state index in [1.807, 2.05) is 12.1 Å². The maximum Gasteiger partial charge on any atom is 0.256 e. The van der Waals surface area contributed by atoms with E-state index in [4.69, 9.17) is 11.6 Å². The Morgan fingerprint density at radius 3 is 2.55 bits per heavy atom. The number of carbonyl (C=O) groups excluding carboxylic acids is 1. The van der Waals surface area contributed by atoms with E-state index in [0.29, 0.717) is 0 Å². The molecule has 60 valence electrons. The van der Waals surface area contributed by atoms with E-state index >= 15 is 0 Å². The van der Waals surface area contributed by atoms with Gasteiger partial charge in [-0.2, -0.15) is 0 Å². The smallest absolute Gasteiger partial charge is 0.256 e. The number of alkyl halides is 1. The minimum atomic E-state index is -0.502. The van der Waals surface area contributed by atoms with Gasteiger partial charge in [0.15, 0.2) is 0 Å². The van der Waals surface area contributed by atoms with Crippen molar-refractivity contribution in [1.29, 1.82) is 0 Å². The number of hydrogen-bond donors (Lipinski definition) is 1. The van der Waals surface area contributed by atoms with Gasteiger partial charge in [-0.25, -0.2) is 0 Å². The fraction of sp³-hybridized carbons (Fsp3) is 0.286. The summed E-state index contributed by atoms with van der Waals surface area (Å²) in [7, 11) is 0. The maximum absolute atomic E-state index is 10.9. The molecule has 0 aliphatic carbocycles. The normalized spacial score (nSPS) is 12.5. The van der Waals surface area contributed by atoms with E-state index in [9.17, 15) is 4.79 Å². The quantitative estimate of drug-likeness (QED) is 0.668. The number of hydrogen-bond acceptors (Lipinski definition) is 1. The lowest BCUT2D eigenvalue weighted by atomic mass is 10.5. The molecule has 0 fully saturated rings. The van der Waals surface area contributed by atoms with Crippen LogP contribution in [0.2, 0.25) is 0 Å². The minimum Gasteiger partial charge on any atom is -0.272 e. The molecule has 1 aromatic heterocycles. The van der Waals surface area contributed by atoms with Gasteiger partial charge < -0.3 is 0 Å². The Morgan fingerprint density at radius 2 is 2.09 bits per heavy atom. The van der Waals surface area contributed by atoms with Crippen molar-refractivity contribution >= 4 is 17.5 Å². The Kier molecular flexibility index (Phi) is 2.54. The van der Waals surface area contributed by atoms with Crippen molar-refractivity contribution < 1.29 is 4.79 Å². The van der Waals surface area contributed by atoms with Gasteiger partial charge in [0, 0.05) is 12.4 Å². The molecule has 1 aromatic rings. The molecule has 0 bridgehead atoms. The monoisotopic (exact) mass is 172 g/mol. The SMILES string of the molecule is CC(Cl)C(=O)Nn1cccc1. The van der Waals surface area contributed by atoms with Crippen molar-refractivity contribution in [2.75, 3.05) is 5.43 Å². The summed E-state index contributed by atoms with van der Waals surface area (Å²) in [5, 5.41) is -0.502. The Labute approximate surface area is 69.9 Å². The molecule has 1 N–H and O–H groups in total. The minimum absolute atomic E-state index is 0.206. The Balaban J connectivity index is 2.50. The molecule has 1 unspecified atom stereocenters. The lowest BCUT2D eigenvalue weighted by Gasteiger charge is -2.06. The number of rotatable bonds is 2. The molecular formula is C7H9ClN2O. The summed E-state index contributed by atoms with van der Waals surface area (Å²) in [5.74, 6) is -0.206. The van der Waals surface area contributed by atoms with Crippen molar-refractivity contribution in [3.63, 3.8) is 0 Å². The molecule has 0 spiro atoms. The van der Waals surface area contributed by atoms with Gasteiger partial charge in [0.05, 0.1) is 0 Å². The van der Waals surface area contributed by atoms with Gasteiger partial charge in [0.25, 0.3) is 5.91 Å². The summed E-state index contributed by atoms with van der Waals surface area (Å²) in [6.07, 6.45) is 3.47. The summed E-state index contributed by atoms with van der Waals surface area (Å²) in [6.45, 7) is 1.63. The van der Waals surface area contributed by atoms with Crippen molar-refractivity contribution in [3.05, 3.63) is 24.5 Å². The standard InChI is InChI=1S/C7H9ClN2O/c1-6(8)7(11)9-10-4-2-3-5-10/h2-6H,1H3,(H,9,11). The average molecular weight is 173 g/mol. The molecule has 0 aliphatic heterocycles. The number of carbonyl (C=O) groups is 1. The molecule has 0 aromatic carbocycles. The highest BCUT2D eigenvalue weighted by atomic mass is 35.5. The number of nitrogens with one attached hydrogen (secondary N) is 1. The lowest BCUT2D eigenvalue weighted by Crippen LogP contribution is -2.27. The molecule has 0 saturated heterocycles. The third kappa shape index (κ3) is 2.27. The van der Waals surface area contributed by atoms with E-state index in [-0.39, 0.29) is 5.91 Å². The number of halogens is 1. The third-order valence-electron chi connectivity index (χ3n) is 1.21. The summed E-state index contributed by atoms with van der Waals surface area (Å²) in [5.41, 5.74) is 2.57. The van der Waals surface area contributed by atoms with Crippen LogP contribution in [0, 0.1) is 0 Å². The van der Waals surface area contributed by atoms with Gasteiger partial charge >= 0.3 is 0 Å². The number of amides is 1. The molecule has 0 saturated carbocycles. The predicted octanol–water partition coefficient (Wildman–Crippen LogP) is 1.19. The van der Waals surface area contributed by atoms with E-state index in [0.717, 1.165) is 0 Å². The van der Waals surface area contributed by atoms with E-state index in [1.54, 1.807) is 24.0 Å². The van der Waals surface area contributed by atoms with Gasteiger partial charge in [-0.05, 0) is 19.1 Å². The van der Waals surface area contributed by atoms with Gasteiger partial charge in [0.1, 0.15) is 5.38 Å². The zero-order chi connectivity index (χ0) is 8.27. The van der Waals surface area contributed by atoms with Crippen molar-refractivity contribution in [2.24, 2.45) is 0 Å². The Bertz CT molecular complexity index is 231. The molecule has 0 radical (unpaired) electrons. The lowest BCUT2D eigenvalue weighted by molar-refractivity contribution is -0.116. The van der Waals surface area contributed by atoms with E-state index < -0.39 is 5.38 Å². The summed E-state index contributed by atoms with van der Waals surface area (Å²) >= 11 is 5.52. The van der Waals surface area contributed by atoms with Crippen LogP contribution in [0.4, 0.5) is 0 Å². The van der Waals surface area contributed by atoms with Crippen LogP contribution in [-0.2, 0) is 4.79 Å². The summed E-state index contributed by atoms with van der Waals surface area (Å²) < 4.78 is 1.56. The van der Waals surface area contributed by atoms with Crippen LogP contribution in [0.5, 0.6) is 0 Å². The first-order valence-corrected chi connectivity index (χ1v) is 3.71. The number of aromatic nitrogens is 1. The molecule has 1 rings (SSSR count). The van der Waals surface area contributed by atoms with Crippen molar-refractivity contribution in [3.8, 4) is 0 Å². The maximum atomic E-state index is 10.9. The molecule has 1 heterocycles. The van der Waals surface area contributed by atoms with Crippen LogP contribution in [-0.4, -0.2) is 16.0 Å². The van der Waals surface area contributed by atoms with Crippen molar-refractivity contribution in [2.45, 2.75) is 12.3 Å². The highest BCUT2D eigenvalue weighted by molar-refractivity contribution is 6.31. The second-order valence-electron chi connectivity index (χ2n) is 2.18. The fourth-order valence-electron chi connectivity index (χ4n) is 0.625. The van der Waals surface area contributed by atoms with Gasteiger partial charge in [0.2, 0.25) is 0 Å². The Morgan fingerprint density at radius 1 is 1.55 bits per heavy atom. The third-order valence-corrected chi connectivity index (χ3v) is 1.40. The molecule has 1 atom stereocenters. The second-order valence-corrected chi connectivity index (χ2v) is 2.84. The summed E-state index contributed by atoms with van der Waals surface area (Å²) in [4.78, 5) is 10.9. The zero-order valence-electron chi connectivity index (χ0n) is 6.12. The predicted molar refractivity (Wildman–Crippen MR) is 44.1 cm³/mol.